The maximum Gasteiger partial charge on any atom is 0.333 e. The summed E-state index contributed by atoms with van der Waals surface area (Å²) >= 11 is 0. The maximum absolute atomic E-state index is 13.9. The highest BCUT2D eigenvalue weighted by Gasteiger charge is 2.18. The van der Waals surface area contributed by atoms with Crippen molar-refractivity contribution in [3.63, 3.8) is 0 Å². The zero-order valence-electron chi connectivity index (χ0n) is 22.2. The molecule has 0 bridgehead atoms. The molecule has 1 N–H and O–H groups in total. The Morgan fingerprint density at radius 1 is 0.895 bits per heavy atom. The Morgan fingerprint density at radius 3 is 2.39 bits per heavy atom. The minimum atomic E-state index is 0.0145. The summed E-state index contributed by atoms with van der Waals surface area (Å²) in [6.45, 7) is 6.99. The van der Waals surface area contributed by atoms with Gasteiger partial charge in [-0.1, -0.05) is 76.1 Å². The highest BCUT2D eigenvalue weighted by molar-refractivity contribution is 5.76. The van der Waals surface area contributed by atoms with Gasteiger partial charge in [0.15, 0.2) is 5.82 Å². The number of H-pyrrole nitrogens is 1. The zero-order chi connectivity index (χ0) is 26.5. The van der Waals surface area contributed by atoms with Gasteiger partial charge in [0.1, 0.15) is 0 Å². The molecule has 8 nitrogen and oxygen atoms in total. The average Bonchev–Trinajstić information content (AvgIpc) is 3.59. The van der Waals surface area contributed by atoms with Crippen molar-refractivity contribution in [2.24, 2.45) is 0 Å². The molecule has 0 radical (unpaired) electrons. The van der Waals surface area contributed by atoms with Crippen molar-refractivity contribution in [3.8, 4) is 28.3 Å². The minimum Gasteiger partial charge on any atom is -0.292 e. The van der Waals surface area contributed by atoms with Crippen molar-refractivity contribution in [1.82, 2.24) is 34.7 Å². The number of benzene rings is 2. The normalized spacial score (nSPS) is 11.2. The number of nitrogens with zero attached hydrogens (tertiary/aromatic N) is 6. The Labute approximate surface area is 222 Å². The molecule has 38 heavy (non-hydrogen) atoms. The Hall–Kier alpha value is -4.33. The van der Waals surface area contributed by atoms with E-state index < -0.39 is 0 Å². The monoisotopic (exact) mass is 507 g/mol. The molecule has 8 heteroatoms. The van der Waals surface area contributed by atoms with E-state index in [1.54, 1.807) is 6.20 Å². The van der Waals surface area contributed by atoms with Crippen LogP contribution in [0.1, 0.15) is 56.0 Å². The van der Waals surface area contributed by atoms with Gasteiger partial charge in [-0.25, -0.2) is 9.89 Å². The van der Waals surface area contributed by atoms with Gasteiger partial charge in [-0.05, 0) is 58.5 Å². The van der Waals surface area contributed by atoms with Crippen LogP contribution in [-0.2, 0) is 25.8 Å². The van der Waals surface area contributed by atoms with E-state index in [1.165, 1.54) is 11.1 Å². The highest BCUT2D eigenvalue weighted by Crippen LogP contribution is 2.28. The van der Waals surface area contributed by atoms with Crippen LogP contribution >= 0.6 is 0 Å². The van der Waals surface area contributed by atoms with Crippen LogP contribution in [0, 0.1) is 0 Å². The quantitative estimate of drug-likeness (QED) is 0.273. The molecule has 3 heterocycles. The number of imidazole rings is 1. The third-order valence-electron chi connectivity index (χ3n) is 6.89. The minimum absolute atomic E-state index is 0.0145. The summed E-state index contributed by atoms with van der Waals surface area (Å²) in [6, 6.07) is 18.4. The van der Waals surface area contributed by atoms with Crippen molar-refractivity contribution in [2.45, 2.75) is 59.4 Å². The van der Waals surface area contributed by atoms with Gasteiger partial charge in [0.25, 0.3) is 0 Å². The molecule has 3 aromatic heterocycles. The van der Waals surface area contributed by atoms with Gasteiger partial charge in [0.05, 0.1) is 17.9 Å². The fraction of sp³-hybridized carbons (Fsp3) is 0.300. The zero-order valence-corrected chi connectivity index (χ0v) is 22.2. The Kier molecular flexibility index (Phi) is 7.58. The van der Waals surface area contributed by atoms with E-state index in [9.17, 15) is 4.79 Å². The topological polar surface area (TPSA) is 94.3 Å². The molecule has 5 rings (SSSR count). The SMILES string of the molecule is CCCc1cccc(CC)c1-n1cc(CCC)n(Cc2ccc(-c3ncccc3-c3nnn[nH]3)cc2)c1=O. The molecule has 0 fully saturated rings. The summed E-state index contributed by atoms with van der Waals surface area (Å²) < 4.78 is 3.81. The van der Waals surface area contributed by atoms with Crippen molar-refractivity contribution in [1.29, 1.82) is 0 Å². The first-order chi connectivity index (χ1) is 18.6. The first kappa shape index (κ1) is 25.3. The van der Waals surface area contributed by atoms with Crippen LogP contribution in [0.3, 0.4) is 0 Å². The second kappa shape index (κ2) is 11.4. The number of pyridine rings is 1. The second-order valence-corrected chi connectivity index (χ2v) is 9.48. The van der Waals surface area contributed by atoms with Crippen LogP contribution in [0.5, 0.6) is 0 Å². The molecular formula is C30H33N7O. The van der Waals surface area contributed by atoms with Gasteiger partial charge < -0.3 is 0 Å². The average molecular weight is 508 g/mol. The van der Waals surface area contributed by atoms with E-state index in [-0.39, 0.29) is 5.69 Å². The highest BCUT2D eigenvalue weighted by atomic mass is 16.1. The second-order valence-electron chi connectivity index (χ2n) is 9.48. The van der Waals surface area contributed by atoms with E-state index in [2.05, 4.69) is 82.9 Å². The van der Waals surface area contributed by atoms with Crippen molar-refractivity contribution in [3.05, 3.63) is 99.9 Å². The molecule has 0 atom stereocenters. The lowest BCUT2D eigenvalue weighted by atomic mass is 10.0. The smallest absolute Gasteiger partial charge is 0.292 e. The lowest BCUT2D eigenvalue weighted by molar-refractivity contribution is 0.690. The first-order valence-electron chi connectivity index (χ1n) is 13.3. The Morgan fingerprint density at radius 2 is 1.68 bits per heavy atom. The summed E-state index contributed by atoms with van der Waals surface area (Å²) in [5.41, 5.74) is 8.21. The molecule has 5 aromatic rings. The predicted octanol–water partition coefficient (Wildman–Crippen LogP) is 5.40. The standard InChI is InChI=1S/C30H33N7O/c1-4-9-24-12-7-11-22(6-3)28(24)37-20-25(10-5-2)36(30(37)38)19-21-14-16-23(17-15-21)27-26(13-8-18-31-27)29-32-34-35-33-29/h7-8,11-18,20H,4-6,9-10,19H2,1-3H3,(H,32,33,34,35). The van der Waals surface area contributed by atoms with Crippen molar-refractivity contribution in [2.75, 3.05) is 0 Å². The molecule has 2 aromatic carbocycles. The summed E-state index contributed by atoms with van der Waals surface area (Å²) in [5, 5.41) is 14.2. The lowest BCUT2D eigenvalue weighted by Gasteiger charge is -2.14. The van der Waals surface area contributed by atoms with Crippen LogP contribution in [0.15, 0.2) is 71.8 Å². The maximum atomic E-state index is 13.9. The Balaban J connectivity index is 1.51. The number of para-hydroxylation sites is 1. The van der Waals surface area contributed by atoms with Crippen LogP contribution in [0.2, 0.25) is 0 Å². The van der Waals surface area contributed by atoms with Gasteiger partial charge in [-0.15, -0.1) is 5.10 Å². The van der Waals surface area contributed by atoms with Gasteiger partial charge in [0, 0.05) is 29.2 Å². The number of hydrogen-bond donors (Lipinski definition) is 1. The fourth-order valence-corrected chi connectivity index (χ4v) is 5.07. The van der Waals surface area contributed by atoms with Gasteiger partial charge in [-0.2, -0.15) is 0 Å². The van der Waals surface area contributed by atoms with Gasteiger partial charge >= 0.3 is 5.69 Å². The van der Waals surface area contributed by atoms with E-state index in [1.807, 2.05) is 33.4 Å². The van der Waals surface area contributed by atoms with Gasteiger partial charge in [-0.3, -0.25) is 14.1 Å². The number of aromatic amines is 1. The third kappa shape index (κ3) is 4.94. The summed E-state index contributed by atoms with van der Waals surface area (Å²) in [5.74, 6) is 0.573. The summed E-state index contributed by atoms with van der Waals surface area (Å²) in [4.78, 5) is 18.4. The molecular weight excluding hydrogens is 474 g/mol. The first-order valence-corrected chi connectivity index (χ1v) is 13.3. The molecule has 0 saturated carbocycles. The number of rotatable bonds is 10. The van der Waals surface area contributed by atoms with E-state index in [4.69, 9.17) is 0 Å². The van der Waals surface area contributed by atoms with Crippen LogP contribution < -0.4 is 5.69 Å². The summed E-state index contributed by atoms with van der Waals surface area (Å²) in [7, 11) is 0. The molecule has 0 aliphatic carbocycles. The fourth-order valence-electron chi connectivity index (χ4n) is 5.07. The molecule has 194 valence electrons. The Bertz CT molecular complexity index is 1560. The lowest BCUT2D eigenvalue weighted by Crippen LogP contribution is -2.26. The number of hydrogen-bond acceptors (Lipinski definition) is 5. The summed E-state index contributed by atoms with van der Waals surface area (Å²) in [6.07, 6.45) is 8.50. The molecule has 0 saturated heterocycles. The number of nitrogens with one attached hydrogen (secondary N) is 1. The number of aromatic nitrogens is 7. The van der Waals surface area contributed by atoms with E-state index in [0.717, 1.165) is 65.9 Å². The number of aryl methyl sites for hydroxylation is 3. The molecule has 0 unspecified atom stereocenters. The van der Waals surface area contributed by atoms with Crippen LogP contribution in [-0.4, -0.2) is 34.7 Å². The third-order valence-corrected chi connectivity index (χ3v) is 6.89. The van der Waals surface area contributed by atoms with Gasteiger partial charge in [0.2, 0.25) is 0 Å². The molecule has 0 aliphatic rings. The van der Waals surface area contributed by atoms with E-state index in [0.29, 0.717) is 12.4 Å². The number of tetrazole rings is 1. The molecule has 0 spiro atoms. The van der Waals surface area contributed by atoms with E-state index >= 15 is 0 Å². The largest absolute Gasteiger partial charge is 0.333 e. The molecule has 0 amide bonds. The van der Waals surface area contributed by atoms with Crippen LogP contribution in [0.25, 0.3) is 28.3 Å². The predicted molar refractivity (Wildman–Crippen MR) is 149 cm³/mol. The van der Waals surface area contributed by atoms with Crippen molar-refractivity contribution < 1.29 is 0 Å². The molecule has 0 aliphatic heterocycles. The van der Waals surface area contributed by atoms with Crippen LogP contribution in [0.4, 0.5) is 0 Å². The van der Waals surface area contributed by atoms with Crippen molar-refractivity contribution >= 4 is 0 Å².